The molecular weight excluding hydrogens is 922 g/mol. The summed E-state index contributed by atoms with van der Waals surface area (Å²) < 4.78 is 49.2. The molecule has 390 valence electrons. The molecule has 8 N–H and O–H groups in total. The molecular formula is C49H82O17P2. The summed E-state index contributed by atoms with van der Waals surface area (Å²) in [4.78, 5) is 54.3. The molecule has 1 saturated carbocycles. The van der Waals surface area contributed by atoms with Crippen LogP contribution in [0.1, 0.15) is 149 Å². The molecule has 0 heterocycles. The molecule has 0 aromatic heterocycles. The molecule has 6 unspecified atom stereocenters. The van der Waals surface area contributed by atoms with E-state index in [0.29, 0.717) is 12.8 Å². The van der Waals surface area contributed by atoms with Gasteiger partial charge in [0.25, 0.3) is 0 Å². The molecule has 0 aliphatic heterocycles. The van der Waals surface area contributed by atoms with Gasteiger partial charge in [-0.2, -0.15) is 0 Å². The van der Waals surface area contributed by atoms with Gasteiger partial charge in [-0.15, -0.1) is 0 Å². The van der Waals surface area contributed by atoms with Gasteiger partial charge in [-0.1, -0.05) is 150 Å². The number of hydrogen-bond acceptors (Lipinski definition) is 14. The van der Waals surface area contributed by atoms with Gasteiger partial charge in [0.15, 0.2) is 6.10 Å². The van der Waals surface area contributed by atoms with Gasteiger partial charge in [0.1, 0.15) is 43.2 Å². The molecule has 0 spiro atoms. The molecule has 0 bridgehead atoms. The molecule has 0 radical (unpaired) electrons. The fraction of sp³-hybridized carbons (Fsp3) is 0.673. The molecule has 0 saturated heterocycles. The number of unbranched alkanes of at least 4 members (excludes halogenated alkanes) is 11. The van der Waals surface area contributed by atoms with Gasteiger partial charge in [0, 0.05) is 12.8 Å². The second kappa shape index (κ2) is 38.8. The largest absolute Gasteiger partial charge is 0.472 e. The standard InChI is InChI=1S/C49H82O17P2/c1-3-5-7-9-11-13-15-17-18-20-22-24-26-28-32-37-43(52)64-41(39-63-68(60,61)66-49-46(55)44(53)45(54)48(47(49)56)65-67(57,58)59)38-62-42(51)36-33-29-31-35-40(50)34-30-27-25-23-21-19-16-14-12-10-8-6-4-2/h6,8,12-15,19,21,25,27,29-31,34,40-41,44-50,53-56H,3-5,7,9-11,16-18,20,22-24,26,28,32-33,35-39H2,1-2H3,(H,60,61)(H2,57,58,59)/b8-6-,14-12-,15-13-,21-19-,27-25-,31-29-,34-30-/t40?,41-,44?,45?,46?,47?,48-,49+/m1/s1. The smallest absolute Gasteiger partial charge is 0.462 e. The topological polar surface area (TPSA) is 276 Å². The Morgan fingerprint density at radius 2 is 1.10 bits per heavy atom. The van der Waals surface area contributed by atoms with Gasteiger partial charge in [-0.3, -0.25) is 23.2 Å². The molecule has 9 atom stereocenters. The number of phosphoric acid groups is 2. The van der Waals surface area contributed by atoms with E-state index < -0.39 is 89.6 Å². The lowest BCUT2D eigenvalue weighted by atomic mass is 9.85. The summed E-state index contributed by atoms with van der Waals surface area (Å²) >= 11 is 0. The lowest BCUT2D eigenvalue weighted by Crippen LogP contribution is -2.64. The first-order chi connectivity index (χ1) is 32.5. The van der Waals surface area contributed by atoms with E-state index in [0.717, 1.165) is 77.0 Å². The number of hydrogen-bond donors (Lipinski definition) is 8. The van der Waals surface area contributed by atoms with Crippen molar-refractivity contribution in [1.29, 1.82) is 0 Å². The first kappa shape index (κ1) is 63.2. The van der Waals surface area contributed by atoms with Crippen LogP contribution in [0.3, 0.4) is 0 Å². The summed E-state index contributed by atoms with van der Waals surface area (Å²) in [7, 11) is -10.7. The number of aliphatic hydroxyl groups is 5. The third-order valence-corrected chi connectivity index (χ3v) is 12.1. The zero-order chi connectivity index (χ0) is 50.5. The van der Waals surface area contributed by atoms with E-state index in [-0.39, 0.29) is 19.3 Å². The quantitative estimate of drug-likeness (QED) is 0.00944. The summed E-state index contributed by atoms with van der Waals surface area (Å²) in [5, 5.41) is 51.5. The highest BCUT2D eigenvalue weighted by Gasteiger charge is 2.54. The van der Waals surface area contributed by atoms with Crippen molar-refractivity contribution in [2.45, 2.75) is 198 Å². The molecule has 0 amide bonds. The number of allylic oxidation sites excluding steroid dienone is 12. The average molecular weight is 1010 g/mol. The number of carbonyl (C=O) groups excluding carboxylic acids is 2. The first-order valence-corrected chi connectivity index (χ1v) is 27.3. The summed E-state index contributed by atoms with van der Waals surface area (Å²) in [6, 6.07) is 0. The SMILES string of the molecule is CC/C=C\C/C=C\C/C=C\C/C=C\C=C/C(O)C/C=C\CCC(=O)OC[C@H](COP(=O)(O)O[C@H]1C(O)C(O)C(O)[C@@H](OP(=O)(O)O)C1O)OC(=O)CCCCCCCCC/C=C\CCCCCC. The van der Waals surface area contributed by atoms with Crippen molar-refractivity contribution in [2.24, 2.45) is 0 Å². The Labute approximate surface area is 404 Å². The third kappa shape index (κ3) is 32.9. The van der Waals surface area contributed by atoms with E-state index >= 15 is 0 Å². The maximum Gasteiger partial charge on any atom is 0.472 e. The highest BCUT2D eigenvalue weighted by atomic mass is 31.2. The molecule has 19 heteroatoms. The monoisotopic (exact) mass is 1000 g/mol. The number of phosphoric ester groups is 2. The van der Waals surface area contributed by atoms with E-state index in [9.17, 15) is 58.9 Å². The van der Waals surface area contributed by atoms with E-state index in [1.807, 2.05) is 12.2 Å². The fourth-order valence-corrected chi connectivity index (χ4v) is 8.32. The van der Waals surface area contributed by atoms with Crippen molar-refractivity contribution >= 4 is 27.6 Å². The Hall–Kier alpha value is -2.86. The molecule has 17 nitrogen and oxygen atoms in total. The number of rotatable bonds is 39. The van der Waals surface area contributed by atoms with Gasteiger partial charge >= 0.3 is 27.6 Å². The molecule has 1 rings (SSSR count). The fourth-order valence-electron chi connectivity index (χ4n) is 6.78. The zero-order valence-corrected chi connectivity index (χ0v) is 41.9. The van der Waals surface area contributed by atoms with E-state index in [4.69, 9.17) is 18.5 Å². The van der Waals surface area contributed by atoms with Crippen LogP contribution in [0, 0.1) is 0 Å². The van der Waals surface area contributed by atoms with Gasteiger partial charge in [-0.25, -0.2) is 9.13 Å². The average Bonchev–Trinajstić information content (AvgIpc) is 3.29. The van der Waals surface area contributed by atoms with Crippen LogP contribution in [0.2, 0.25) is 0 Å². The zero-order valence-electron chi connectivity index (χ0n) is 40.1. The molecule has 1 fully saturated rings. The Morgan fingerprint density at radius 3 is 1.71 bits per heavy atom. The lowest BCUT2D eigenvalue weighted by molar-refractivity contribution is -0.216. The van der Waals surface area contributed by atoms with Crippen molar-refractivity contribution in [3.63, 3.8) is 0 Å². The van der Waals surface area contributed by atoms with Crippen molar-refractivity contribution < 1.29 is 82.0 Å². The third-order valence-electron chi connectivity index (χ3n) is 10.5. The number of ether oxygens (including phenoxy) is 2. The number of esters is 2. The first-order valence-electron chi connectivity index (χ1n) is 24.2. The Balaban J connectivity index is 2.68. The summed E-state index contributed by atoms with van der Waals surface area (Å²) in [6.07, 6.45) is 29.9. The van der Waals surface area contributed by atoms with Crippen LogP contribution in [0.5, 0.6) is 0 Å². The molecule has 1 aliphatic rings. The van der Waals surface area contributed by atoms with E-state index in [1.165, 1.54) is 25.7 Å². The molecule has 0 aromatic rings. The highest BCUT2D eigenvalue weighted by molar-refractivity contribution is 7.47. The van der Waals surface area contributed by atoms with Gasteiger partial charge in [0.05, 0.1) is 12.7 Å². The van der Waals surface area contributed by atoms with E-state index in [2.05, 4.69) is 67.0 Å². The Bertz CT molecular complexity index is 1650. The summed E-state index contributed by atoms with van der Waals surface area (Å²) in [5.74, 6) is -1.40. The van der Waals surface area contributed by atoms with Crippen LogP contribution in [-0.4, -0.2) is 114 Å². The van der Waals surface area contributed by atoms with Gasteiger partial charge < -0.3 is 49.7 Å². The van der Waals surface area contributed by atoms with Crippen molar-refractivity contribution in [1.82, 2.24) is 0 Å². The molecule has 68 heavy (non-hydrogen) atoms. The van der Waals surface area contributed by atoms with Crippen LogP contribution in [-0.2, 0) is 41.8 Å². The maximum atomic E-state index is 13.0. The normalized spacial score (nSPS) is 22.4. The predicted octanol–water partition coefficient (Wildman–Crippen LogP) is 8.36. The second-order valence-electron chi connectivity index (χ2n) is 16.6. The van der Waals surface area contributed by atoms with Crippen molar-refractivity contribution in [3.05, 3.63) is 85.1 Å². The predicted molar refractivity (Wildman–Crippen MR) is 261 cm³/mol. The minimum atomic E-state index is -5.39. The Morgan fingerprint density at radius 1 is 0.559 bits per heavy atom. The second-order valence-corrected chi connectivity index (χ2v) is 19.2. The Kier molecular flexibility index (Phi) is 36.1. The van der Waals surface area contributed by atoms with Crippen molar-refractivity contribution in [2.75, 3.05) is 13.2 Å². The van der Waals surface area contributed by atoms with Crippen LogP contribution in [0.25, 0.3) is 0 Å². The highest BCUT2D eigenvalue weighted by Crippen LogP contribution is 2.49. The summed E-state index contributed by atoms with van der Waals surface area (Å²) in [5.41, 5.74) is 0. The van der Waals surface area contributed by atoms with Gasteiger partial charge in [-0.05, 0) is 70.6 Å². The number of aliphatic hydroxyl groups excluding tert-OH is 5. The van der Waals surface area contributed by atoms with Crippen LogP contribution >= 0.6 is 15.6 Å². The van der Waals surface area contributed by atoms with Crippen molar-refractivity contribution in [3.8, 4) is 0 Å². The lowest BCUT2D eigenvalue weighted by Gasteiger charge is -2.43. The van der Waals surface area contributed by atoms with E-state index in [1.54, 1.807) is 24.3 Å². The minimum absolute atomic E-state index is 0.00229. The minimum Gasteiger partial charge on any atom is -0.462 e. The molecule has 1 aliphatic carbocycles. The van der Waals surface area contributed by atoms with Gasteiger partial charge in [0.2, 0.25) is 0 Å². The van der Waals surface area contributed by atoms with Crippen LogP contribution < -0.4 is 0 Å². The maximum absolute atomic E-state index is 13.0. The summed E-state index contributed by atoms with van der Waals surface area (Å²) in [6.45, 7) is 2.82. The van der Waals surface area contributed by atoms with Crippen LogP contribution in [0.15, 0.2) is 85.1 Å². The molecule has 0 aromatic carbocycles. The number of carbonyl (C=O) groups is 2. The van der Waals surface area contributed by atoms with Crippen LogP contribution in [0.4, 0.5) is 0 Å².